The summed E-state index contributed by atoms with van der Waals surface area (Å²) in [4.78, 5) is 0. The van der Waals surface area contributed by atoms with Crippen LogP contribution in [0.5, 0.6) is 0 Å². The molecule has 98 valence electrons. The van der Waals surface area contributed by atoms with Gasteiger partial charge in [0.05, 0.1) is 0 Å². The molecular weight excluding hydrogens is 258 g/mol. The summed E-state index contributed by atoms with van der Waals surface area (Å²) >= 11 is 0. The third kappa shape index (κ3) is 3.93. The highest BCUT2D eigenvalue weighted by Gasteiger charge is 2.40. The van der Waals surface area contributed by atoms with Gasteiger partial charge in [0.2, 0.25) is 0 Å². The van der Waals surface area contributed by atoms with Crippen LogP contribution in [0.25, 0.3) is 0 Å². The first kappa shape index (κ1) is 16.3. The molecule has 0 aromatic rings. The maximum Gasteiger partial charge on any atom is 0.475 e. The van der Waals surface area contributed by atoms with Gasteiger partial charge in [0.15, 0.2) is 5.85 Å². The maximum absolute atomic E-state index is 12.0. The minimum Gasteiger partial charge on any atom is -0.310 e. The Morgan fingerprint density at radius 3 is 1.62 bits per heavy atom. The first-order valence-electron chi connectivity index (χ1n) is 4.52. The molecule has 9 heteroatoms. The Morgan fingerprint density at radius 1 is 0.938 bits per heavy atom. The number of hydrogen-bond donors (Lipinski definition) is 0. The van der Waals surface area contributed by atoms with Gasteiger partial charge >= 0.3 is 15.4 Å². The van der Waals surface area contributed by atoms with Gasteiger partial charge in [0, 0.05) is 28.4 Å². The zero-order valence-electron chi connectivity index (χ0n) is 10.0. The van der Waals surface area contributed by atoms with Crippen LogP contribution < -0.4 is 0 Å². The lowest BCUT2D eigenvalue weighted by Crippen LogP contribution is -2.14. The lowest BCUT2D eigenvalue weighted by molar-refractivity contribution is 0.114. The van der Waals surface area contributed by atoms with Crippen molar-refractivity contribution in [2.24, 2.45) is 0 Å². The molecular formula is C7H18O7P2. The Kier molecular flexibility index (Phi) is 6.98. The molecule has 16 heavy (non-hydrogen) atoms. The van der Waals surface area contributed by atoms with E-state index in [0.717, 1.165) is 0 Å². The Bertz CT molecular complexity index is 276. The highest BCUT2D eigenvalue weighted by molar-refractivity contribution is 7.55. The van der Waals surface area contributed by atoms with Crippen LogP contribution in [0.1, 0.15) is 13.3 Å². The van der Waals surface area contributed by atoms with Crippen molar-refractivity contribution in [3.8, 4) is 0 Å². The molecule has 0 radical (unpaired) electrons. The first-order chi connectivity index (χ1) is 7.41. The molecule has 0 bridgehead atoms. The highest BCUT2D eigenvalue weighted by atomic mass is 31.2. The molecule has 7 nitrogen and oxygen atoms in total. The Balaban J connectivity index is 4.89. The quantitative estimate of drug-likeness (QED) is 0.630. The molecule has 1 atom stereocenters. The van der Waals surface area contributed by atoms with Gasteiger partial charge in [0.1, 0.15) is 0 Å². The lowest BCUT2D eigenvalue weighted by atomic mass is 10.5. The van der Waals surface area contributed by atoms with E-state index in [-0.39, 0.29) is 6.42 Å². The summed E-state index contributed by atoms with van der Waals surface area (Å²) in [5, 5.41) is 0. The van der Waals surface area contributed by atoms with Gasteiger partial charge in [-0.25, -0.2) is 4.57 Å². The van der Waals surface area contributed by atoms with Gasteiger partial charge in [-0.1, -0.05) is 6.92 Å². The van der Waals surface area contributed by atoms with E-state index in [2.05, 4.69) is 9.05 Å². The predicted octanol–water partition coefficient (Wildman–Crippen LogP) is 2.63. The normalized spacial score (nSPS) is 15.1. The first-order valence-corrected chi connectivity index (χ1v) is 7.59. The average molecular weight is 276 g/mol. The van der Waals surface area contributed by atoms with Crippen LogP contribution >= 0.6 is 15.4 Å². The molecule has 0 aromatic heterocycles. The molecule has 0 aliphatic heterocycles. The van der Waals surface area contributed by atoms with Crippen molar-refractivity contribution in [2.45, 2.75) is 19.2 Å². The van der Waals surface area contributed by atoms with Gasteiger partial charge in [-0.3, -0.25) is 18.1 Å². The second-order valence-corrected chi connectivity index (χ2v) is 6.91. The second kappa shape index (κ2) is 6.87. The van der Waals surface area contributed by atoms with E-state index in [4.69, 9.17) is 13.6 Å². The summed E-state index contributed by atoms with van der Waals surface area (Å²) in [6.45, 7) is 1.69. The third-order valence-corrected chi connectivity index (χ3v) is 5.68. The largest absolute Gasteiger partial charge is 0.475 e. The summed E-state index contributed by atoms with van der Waals surface area (Å²) in [7, 11) is -2.39. The summed E-state index contributed by atoms with van der Waals surface area (Å²) in [5.74, 6) is -1.01. The molecule has 0 aliphatic carbocycles. The molecule has 0 amide bonds. The molecule has 0 aliphatic rings. The van der Waals surface area contributed by atoms with Crippen LogP contribution in [-0.4, -0.2) is 34.3 Å². The van der Waals surface area contributed by atoms with Crippen molar-refractivity contribution in [1.29, 1.82) is 0 Å². The Hall–Kier alpha value is 0.260. The molecule has 0 N–H and O–H groups in total. The minimum absolute atomic E-state index is 0.273. The van der Waals surface area contributed by atoms with Gasteiger partial charge in [-0.05, 0) is 6.42 Å². The van der Waals surface area contributed by atoms with Crippen molar-refractivity contribution in [1.82, 2.24) is 0 Å². The average Bonchev–Trinajstić information content (AvgIpc) is 2.34. The summed E-state index contributed by atoms with van der Waals surface area (Å²) in [6.07, 6.45) is 0.273. The maximum atomic E-state index is 12.0. The van der Waals surface area contributed by atoms with Crippen molar-refractivity contribution >= 4 is 15.4 Å². The molecule has 0 heterocycles. The molecule has 1 unspecified atom stereocenters. The van der Waals surface area contributed by atoms with Crippen LogP contribution in [-0.2, 0) is 31.7 Å². The van der Waals surface area contributed by atoms with Crippen molar-refractivity contribution in [3.05, 3.63) is 0 Å². The van der Waals surface area contributed by atoms with Crippen LogP contribution in [0.3, 0.4) is 0 Å². The minimum atomic E-state index is -3.71. The zero-order chi connectivity index (χ0) is 12.8. The fourth-order valence-electron chi connectivity index (χ4n) is 0.975. The zero-order valence-corrected chi connectivity index (χ0v) is 11.8. The van der Waals surface area contributed by atoms with E-state index in [0.29, 0.717) is 0 Å². The molecule has 0 spiro atoms. The fourth-order valence-corrected chi connectivity index (χ4v) is 3.62. The van der Waals surface area contributed by atoms with E-state index < -0.39 is 21.3 Å². The number of hydrogen-bond acceptors (Lipinski definition) is 7. The van der Waals surface area contributed by atoms with Crippen LogP contribution in [0.15, 0.2) is 0 Å². The lowest BCUT2D eigenvalue weighted by Gasteiger charge is -2.25. The molecule has 0 rings (SSSR count). The summed E-state index contributed by atoms with van der Waals surface area (Å²) < 4.78 is 47.4. The van der Waals surface area contributed by atoms with Crippen LogP contribution in [0.4, 0.5) is 0 Å². The molecule has 0 fully saturated rings. The number of phosphoric ester groups is 1. The number of rotatable bonds is 8. The molecule has 0 aromatic carbocycles. The van der Waals surface area contributed by atoms with Crippen LogP contribution in [0, 0.1) is 0 Å². The monoisotopic (exact) mass is 276 g/mol. The van der Waals surface area contributed by atoms with E-state index in [9.17, 15) is 9.13 Å². The van der Waals surface area contributed by atoms with Crippen molar-refractivity contribution in [3.63, 3.8) is 0 Å². The van der Waals surface area contributed by atoms with Gasteiger partial charge in [0.25, 0.3) is 0 Å². The standard InChI is InChI=1S/C7H18O7P2/c1-6-7(15(8,10-2)11-3)14-16(9,12-4)13-5/h7H,6H2,1-5H3. The summed E-state index contributed by atoms with van der Waals surface area (Å²) in [6, 6.07) is 0. The molecule has 0 saturated heterocycles. The second-order valence-electron chi connectivity index (χ2n) is 2.69. The number of phosphoric acid groups is 1. The van der Waals surface area contributed by atoms with Gasteiger partial charge < -0.3 is 9.05 Å². The van der Waals surface area contributed by atoms with Crippen LogP contribution in [0.2, 0.25) is 0 Å². The van der Waals surface area contributed by atoms with Gasteiger partial charge in [-0.15, -0.1) is 0 Å². The topological polar surface area (TPSA) is 80.3 Å². The van der Waals surface area contributed by atoms with E-state index in [1.165, 1.54) is 28.4 Å². The van der Waals surface area contributed by atoms with E-state index >= 15 is 0 Å². The Morgan fingerprint density at radius 2 is 1.38 bits per heavy atom. The molecule has 0 saturated carbocycles. The fraction of sp³-hybridized carbons (Fsp3) is 1.00. The third-order valence-electron chi connectivity index (χ3n) is 1.91. The highest BCUT2D eigenvalue weighted by Crippen LogP contribution is 2.60. The van der Waals surface area contributed by atoms with Crippen molar-refractivity contribution in [2.75, 3.05) is 28.4 Å². The summed E-state index contributed by atoms with van der Waals surface area (Å²) in [5.41, 5.74) is 0. The SMILES string of the molecule is CCC(OP(=O)(OC)OC)P(=O)(OC)OC. The van der Waals surface area contributed by atoms with E-state index in [1.54, 1.807) is 6.92 Å². The van der Waals surface area contributed by atoms with Crippen molar-refractivity contribution < 1.29 is 31.7 Å². The predicted molar refractivity (Wildman–Crippen MR) is 58.4 cm³/mol. The smallest absolute Gasteiger partial charge is 0.310 e. The Labute approximate surface area is 95.5 Å². The van der Waals surface area contributed by atoms with E-state index in [1.807, 2.05) is 0 Å². The van der Waals surface area contributed by atoms with Gasteiger partial charge in [-0.2, -0.15) is 0 Å².